The van der Waals surface area contributed by atoms with Crippen LogP contribution in [0.5, 0.6) is 5.88 Å². The summed E-state index contributed by atoms with van der Waals surface area (Å²) in [5.41, 5.74) is 11.3. The Hall–Kier alpha value is -3.48. The van der Waals surface area contributed by atoms with Gasteiger partial charge in [-0.3, -0.25) is 9.80 Å². The number of hydrogen-bond donors (Lipinski definition) is 3. The third-order valence-electron chi connectivity index (χ3n) is 5.00. The van der Waals surface area contributed by atoms with Crippen molar-refractivity contribution in [1.82, 2.24) is 15.4 Å². The molecule has 1 aromatic heterocycles. The van der Waals surface area contributed by atoms with Crippen LogP contribution in [0.15, 0.2) is 35.9 Å². The molecule has 1 amide bonds. The van der Waals surface area contributed by atoms with Crippen LogP contribution < -0.4 is 26.2 Å². The van der Waals surface area contributed by atoms with Crippen LogP contribution in [0.4, 0.5) is 11.6 Å². The summed E-state index contributed by atoms with van der Waals surface area (Å²) in [6.07, 6.45) is 4.83. The fraction of sp³-hybridized carbons (Fsp3) is 0.440. The molecule has 1 aromatic carbocycles. The maximum Gasteiger partial charge on any atom is 0.266 e. The number of carbonyl (C=O) groups is 1. The van der Waals surface area contributed by atoms with Gasteiger partial charge in [-0.15, -0.1) is 0 Å². The summed E-state index contributed by atoms with van der Waals surface area (Å²) in [4.78, 5) is 21.9. The van der Waals surface area contributed by atoms with Crippen LogP contribution in [0, 0.1) is 18.3 Å². The predicted molar refractivity (Wildman–Crippen MR) is 135 cm³/mol. The molecule has 34 heavy (non-hydrogen) atoms. The Morgan fingerprint density at radius 2 is 1.97 bits per heavy atom. The molecule has 1 unspecified atom stereocenters. The Morgan fingerprint density at radius 3 is 2.59 bits per heavy atom. The number of nitrogens with one attached hydrogen (secondary N) is 2. The molecule has 4 N–H and O–H groups in total. The molecule has 1 atom stereocenters. The lowest BCUT2D eigenvalue weighted by atomic mass is 10.1. The van der Waals surface area contributed by atoms with Crippen molar-refractivity contribution >= 4 is 23.6 Å². The summed E-state index contributed by atoms with van der Waals surface area (Å²) in [7, 11) is 0. The molecule has 0 radical (unpaired) electrons. The number of hydrogen-bond acceptors (Lipinski definition) is 8. The molecular weight excluding hydrogens is 430 g/mol. The standard InChI is InChI=1S/C25H35N7O2/c1-5-8-15-28-32(22(27)12-6-2)25-29-18(4)21(24(31-25)34-7-3)16-19(17-26)23(33)30-20-13-10-9-11-14-20/h9-11,13-14,16,22,28H,5-8,12,15,27H2,1-4H3,(H,30,33)/b19-16+. The van der Waals surface area contributed by atoms with E-state index in [1.807, 2.05) is 19.1 Å². The first kappa shape index (κ1) is 26.8. The van der Waals surface area contributed by atoms with E-state index in [1.54, 1.807) is 36.2 Å². The van der Waals surface area contributed by atoms with Crippen molar-refractivity contribution in [3.8, 4) is 11.9 Å². The molecule has 0 spiro atoms. The molecule has 2 aromatic rings. The number of nitrogens with zero attached hydrogens (tertiary/aromatic N) is 4. The zero-order chi connectivity index (χ0) is 24.9. The predicted octanol–water partition coefficient (Wildman–Crippen LogP) is 3.93. The lowest BCUT2D eigenvalue weighted by Crippen LogP contribution is -2.52. The van der Waals surface area contributed by atoms with Crippen LogP contribution in [0.3, 0.4) is 0 Å². The second-order valence-electron chi connectivity index (χ2n) is 7.74. The smallest absolute Gasteiger partial charge is 0.266 e. The number of benzene rings is 1. The first-order valence-corrected chi connectivity index (χ1v) is 11.7. The molecule has 1 heterocycles. The number of nitriles is 1. The monoisotopic (exact) mass is 465 g/mol. The number of aromatic nitrogens is 2. The average molecular weight is 466 g/mol. The van der Waals surface area contributed by atoms with Gasteiger partial charge in [-0.05, 0) is 44.9 Å². The van der Waals surface area contributed by atoms with Gasteiger partial charge in [0.25, 0.3) is 5.91 Å². The highest BCUT2D eigenvalue weighted by Gasteiger charge is 2.22. The quantitative estimate of drug-likeness (QED) is 0.133. The van der Waals surface area contributed by atoms with Crippen LogP contribution >= 0.6 is 0 Å². The fourth-order valence-electron chi connectivity index (χ4n) is 3.21. The minimum absolute atomic E-state index is 0.0788. The Kier molecular flexibility index (Phi) is 11.0. The van der Waals surface area contributed by atoms with Gasteiger partial charge in [0.05, 0.1) is 24.0 Å². The van der Waals surface area contributed by atoms with Crippen LogP contribution in [0.2, 0.25) is 0 Å². The zero-order valence-corrected chi connectivity index (χ0v) is 20.5. The summed E-state index contributed by atoms with van der Waals surface area (Å²) in [6, 6.07) is 10.9. The van der Waals surface area contributed by atoms with E-state index in [-0.39, 0.29) is 17.6 Å². The maximum atomic E-state index is 12.7. The number of ether oxygens (including phenoxy) is 1. The van der Waals surface area contributed by atoms with Crippen LogP contribution in [0.1, 0.15) is 57.7 Å². The van der Waals surface area contributed by atoms with E-state index in [9.17, 15) is 10.1 Å². The normalized spacial score (nSPS) is 12.1. The van der Waals surface area contributed by atoms with Crippen molar-refractivity contribution in [3.05, 3.63) is 47.2 Å². The average Bonchev–Trinajstić information content (AvgIpc) is 2.82. The summed E-state index contributed by atoms with van der Waals surface area (Å²) in [5, 5.41) is 14.1. The van der Waals surface area contributed by atoms with Crippen LogP contribution in [-0.2, 0) is 4.79 Å². The lowest BCUT2D eigenvalue weighted by molar-refractivity contribution is -0.112. The number of hydrazine groups is 1. The van der Waals surface area contributed by atoms with Crippen LogP contribution in [-0.4, -0.2) is 35.2 Å². The van der Waals surface area contributed by atoms with E-state index in [0.29, 0.717) is 29.5 Å². The maximum absolute atomic E-state index is 12.7. The fourth-order valence-corrected chi connectivity index (χ4v) is 3.21. The molecule has 0 fully saturated rings. The number of amides is 1. The van der Waals surface area contributed by atoms with E-state index in [1.165, 1.54) is 6.08 Å². The second-order valence-corrected chi connectivity index (χ2v) is 7.74. The summed E-state index contributed by atoms with van der Waals surface area (Å²) < 4.78 is 5.79. The molecule has 182 valence electrons. The third kappa shape index (κ3) is 7.54. The molecule has 0 aliphatic carbocycles. The van der Waals surface area contributed by atoms with Gasteiger partial charge >= 0.3 is 0 Å². The largest absolute Gasteiger partial charge is 0.477 e. The molecular formula is C25H35N7O2. The number of aryl methyl sites for hydroxylation is 1. The Labute approximate surface area is 202 Å². The molecule has 0 saturated heterocycles. The molecule has 0 saturated carbocycles. The number of para-hydroxylation sites is 1. The molecule has 0 aliphatic rings. The van der Waals surface area contributed by atoms with E-state index < -0.39 is 5.91 Å². The van der Waals surface area contributed by atoms with Crippen molar-refractivity contribution in [2.24, 2.45) is 5.73 Å². The first-order chi connectivity index (χ1) is 16.4. The Bertz CT molecular complexity index is 1000. The Morgan fingerprint density at radius 1 is 1.24 bits per heavy atom. The number of rotatable bonds is 13. The van der Waals surface area contributed by atoms with Gasteiger partial charge in [-0.1, -0.05) is 44.9 Å². The summed E-state index contributed by atoms with van der Waals surface area (Å²) >= 11 is 0. The highest BCUT2D eigenvalue weighted by atomic mass is 16.5. The van der Waals surface area contributed by atoms with Crippen molar-refractivity contribution < 1.29 is 9.53 Å². The van der Waals surface area contributed by atoms with Crippen LogP contribution in [0.25, 0.3) is 6.08 Å². The van der Waals surface area contributed by atoms with Crippen molar-refractivity contribution in [3.63, 3.8) is 0 Å². The van der Waals surface area contributed by atoms with E-state index >= 15 is 0 Å². The summed E-state index contributed by atoms with van der Waals surface area (Å²) in [6.45, 7) is 8.92. The summed E-state index contributed by atoms with van der Waals surface area (Å²) in [5.74, 6) is 0.158. The highest BCUT2D eigenvalue weighted by molar-refractivity contribution is 6.09. The lowest BCUT2D eigenvalue weighted by Gasteiger charge is -2.30. The zero-order valence-electron chi connectivity index (χ0n) is 20.5. The molecule has 0 aliphatic heterocycles. The second kappa shape index (κ2) is 13.9. The first-order valence-electron chi connectivity index (χ1n) is 11.7. The third-order valence-corrected chi connectivity index (χ3v) is 5.00. The number of anilines is 2. The van der Waals surface area contributed by atoms with E-state index in [0.717, 1.165) is 32.2 Å². The molecule has 9 nitrogen and oxygen atoms in total. The molecule has 2 rings (SSSR count). The Balaban J connectivity index is 2.44. The van der Waals surface area contributed by atoms with Gasteiger partial charge in [0.2, 0.25) is 11.8 Å². The van der Waals surface area contributed by atoms with Gasteiger partial charge in [0.1, 0.15) is 11.6 Å². The van der Waals surface area contributed by atoms with Crippen molar-refractivity contribution in [1.29, 1.82) is 5.26 Å². The minimum Gasteiger partial charge on any atom is -0.477 e. The van der Waals surface area contributed by atoms with Gasteiger partial charge in [-0.2, -0.15) is 10.2 Å². The van der Waals surface area contributed by atoms with E-state index in [2.05, 4.69) is 34.6 Å². The number of unbranched alkanes of at least 4 members (excludes halogenated alkanes) is 1. The van der Waals surface area contributed by atoms with Gasteiger partial charge < -0.3 is 15.8 Å². The molecule has 9 heteroatoms. The van der Waals surface area contributed by atoms with E-state index in [4.69, 9.17) is 10.5 Å². The highest BCUT2D eigenvalue weighted by Crippen LogP contribution is 2.26. The van der Waals surface area contributed by atoms with Crippen molar-refractivity contribution in [2.75, 3.05) is 23.5 Å². The van der Waals surface area contributed by atoms with Gasteiger partial charge in [0.15, 0.2) is 0 Å². The SMILES string of the molecule is CCCCNN(c1nc(C)c(/C=C(\C#N)C(=O)Nc2ccccc2)c(OCC)n1)C(N)CCC. The van der Waals surface area contributed by atoms with Crippen molar-refractivity contribution in [2.45, 2.75) is 59.5 Å². The van der Waals surface area contributed by atoms with Gasteiger partial charge in [0, 0.05) is 12.2 Å². The minimum atomic E-state index is -0.521. The topological polar surface area (TPSA) is 129 Å². The van der Waals surface area contributed by atoms with Gasteiger partial charge in [-0.25, -0.2) is 10.4 Å². The number of carbonyl (C=O) groups excluding carboxylic acids is 1. The number of nitrogens with two attached hydrogens (primary N) is 1. The molecule has 0 bridgehead atoms.